The van der Waals surface area contributed by atoms with Gasteiger partial charge in [0.1, 0.15) is 24.3 Å². The normalized spacial score (nSPS) is 35.7. The summed E-state index contributed by atoms with van der Waals surface area (Å²) < 4.78 is 0. The van der Waals surface area contributed by atoms with E-state index in [4.69, 9.17) is 5.11 Å². The molecule has 4 nitrogen and oxygen atoms in total. The van der Waals surface area contributed by atoms with Crippen LogP contribution in [0.1, 0.15) is 11.6 Å². The Labute approximate surface area is 88.2 Å². The van der Waals surface area contributed by atoms with Crippen molar-refractivity contribution in [3.8, 4) is 0 Å². The number of hydrogen-bond acceptors (Lipinski definition) is 3. The van der Waals surface area contributed by atoms with Gasteiger partial charge in [0.15, 0.2) is 0 Å². The Morgan fingerprint density at radius 3 is 2.27 bits per heavy atom. The molecule has 1 aromatic carbocycles. The zero-order valence-corrected chi connectivity index (χ0v) is 8.32. The second-order valence-corrected chi connectivity index (χ2v) is 3.96. The average molecular weight is 210 g/mol. The number of aliphatic hydroxyl groups excluding tert-OH is 3. The molecule has 0 bridgehead atoms. The predicted molar refractivity (Wildman–Crippen MR) is 54.0 cm³/mol. The lowest BCUT2D eigenvalue weighted by molar-refractivity contribution is -0.714. The van der Waals surface area contributed by atoms with Crippen molar-refractivity contribution >= 4 is 0 Å². The summed E-state index contributed by atoms with van der Waals surface area (Å²) in [6.07, 6.45) is -1.68. The quantitative estimate of drug-likeness (QED) is 0.474. The van der Waals surface area contributed by atoms with E-state index in [1.807, 2.05) is 35.6 Å². The molecule has 1 fully saturated rings. The first-order chi connectivity index (χ1) is 7.24. The minimum absolute atomic E-state index is 0.123. The summed E-state index contributed by atoms with van der Waals surface area (Å²) >= 11 is 0. The van der Waals surface area contributed by atoms with Crippen LogP contribution >= 0.6 is 0 Å². The van der Waals surface area contributed by atoms with Gasteiger partial charge in [-0.15, -0.1) is 0 Å². The first kappa shape index (κ1) is 10.6. The minimum atomic E-state index is -0.861. The maximum absolute atomic E-state index is 9.82. The van der Waals surface area contributed by atoms with E-state index in [2.05, 4.69) is 0 Å². The van der Waals surface area contributed by atoms with Gasteiger partial charge in [-0.1, -0.05) is 30.3 Å². The van der Waals surface area contributed by atoms with Crippen LogP contribution in [-0.4, -0.2) is 40.2 Å². The number of benzene rings is 1. The fourth-order valence-electron chi connectivity index (χ4n) is 2.11. The minimum Gasteiger partial charge on any atom is -0.390 e. The van der Waals surface area contributed by atoms with Gasteiger partial charge >= 0.3 is 0 Å². The first-order valence-corrected chi connectivity index (χ1v) is 5.11. The number of quaternary nitrogens is 1. The lowest BCUT2D eigenvalue weighted by atomic mass is 10.0. The second-order valence-electron chi connectivity index (χ2n) is 3.96. The Morgan fingerprint density at radius 2 is 1.73 bits per heavy atom. The molecular weight excluding hydrogens is 194 g/mol. The molecule has 0 amide bonds. The third kappa shape index (κ3) is 1.89. The maximum Gasteiger partial charge on any atom is 0.142 e. The highest BCUT2D eigenvalue weighted by atomic mass is 16.3. The molecule has 0 spiro atoms. The van der Waals surface area contributed by atoms with Gasteiger partial charge in [-0.25, -0.2) is 0 Å². The highest BCUT2D eigenvalue weighted by Gasteiger charge is 2.45. The summed E-state index contributed by atoms with van der Waals surface area (Å²) in [5, 5.41) is 30.3. The van der Waals surface area contributed by atoms with E-state index in [0.717, 1.165) is 5.56 Å². The van der Waals surface area contributed by atoms with Crippen LogP contribution in [0.25, 0.3) is 0 Å². The second kappa shape index (κ2) is 4.28. The Hall–Kier alpha value is -0.940. The van der Waals surface area contributed by atoms with Gasteiger partial charge < -0.3 is 20.6 Å². The van der Waals surface area contributed by atoms with E-state index in [1.165, 1.54) is 0 Å². The first-order valence-electron chi connectivity index (χ1n) is 5.11. The van der Waals surface area contributed by atoms with Gasteiger partial charge in [0, 0.05) is 5.56 Å². The Kier molecular flexibility index (Phi) is 3.02. The molecule has 2 rings (SSSR count). The van der Waals surface area contributed by atoms with Crippen LogP contribution in [0.2, 0.25) is 0 Å². The zero-order chi connectivity index (χ0) is 10.8. The van der Waals surface area contributed by atoms with Gasteiger partial charge in [-0.3, -0.25) is 0 Å². The van der Waals surface area contributed by atoms with E-state index in [-0.39, 0.29) is 18.7 Å². The Morgan fingerprint density at radius 1 is 1.07 bits per heavy atom. The van der Waals surface area contributed by atoms with Crippen molar-refractivity contribution < 1.29 is 20.6 Å². The number of hydrogen-bond donors (Lipinski definition) is 4. The third-order valence-corrected chi connectivity index (χ3v) is 3.01. The molecule has 0 unspecified atom stereocenters. The summed E-state index contributed by atoms with van der Waals surface area (Å²) in [5.41, 5.74) is 0.972. The summed E-state index contributed by atoms with van der Waals surface area (Å²) in [7, 11) is 0. The van der Waals surface area contributed by atoms with Gasteiger partial charge in [-0.2, -0.15) is 0 Å². The zero-order valence-electron chi connectivity index (χ0n) is 8.32. The molecule has 0 radical (unpaired) electrons. The Bertz CT molecular complexity index is 317. The molecule has 1 aromatic rings. The number of aliphatic hydroxyl groups is 3. The molecular formula is C11H16NO3+. The van der Waals surface area contributed by atoms with Crippen LogP contribution in [0, 0.1) is 0 Å². The molecule has 4 heteroatoms. The van der Waals surface area contributed by atoms with Crippen molar-refractivity contribution in [2.75, 3.05) is 6.61 Å². The summed E-state index contributed by atoms with van der Waals surface area (Å²) in [6, 6.07) is 9.02. The molecule has 1 aliphatic heterocycles. The fourth-order valence-corrected chi connectivity index (χ4v) is 2.11. The maximum atomic E-state index is 9.82. The molecule has 1 heterocycles. The van der Waals surface area contributed by atoms with Crippen LogP contribution in [0.3, 0.4) is 0 Å². The van der Waals surface area contributed by atoms with Crippen LogP contribution < -0.4 is 5.32 Å². The SMILES string of the molecule is OC[C@H]1[NH2+][C@H](c2ccccc2)[C@@H](O)[C@@H]1O. The van der Waals surface area contributed by atoms with Crippen molar-refractivity contribution in [3.63, 3.8) is 0 Å². The smallest absolute Gasteiger partial charge is 0.142 e. The van der Waals surface area contributed by atoms with Crippen molar-refractivity contribution in [1.29, 1.82) is 0 Å². The largest absolute Gasteiger partial charge is 0.390 e. The lowest BCUT2D eigenvalue weighted by Gasteiger charge is -2.12. The molecule has 0 aliphatic carbocycles. The predicted octanol–water partition coefficient (Wildman–Crippen LogP) is -1.61. The molecule has 82 valence electrons. The van der Waals surface area contributed by atoms with Gasteiger partial charge in [0.05, 0.1) is 6.61 Å². The molecule has 0 saturated carbocycles. The van der Waals surface area contributed by atoms with Gasteiger partial charge in [0.2, 0.25) is 0 Å². The standard InChI is InChI=1S/C11H15NO3/c13-6-8-10(14)11(15)9(12-8)7-4-2-1-3-5-7/h1-5,8-15H,6H2/p+1/t8-,9-,10-,11-/m1/s1. The Balaban J connectivity index is 2.19. The van der Waals surface area contributed by atoms with Crippen molar-refractivity contribution in [3.05, 3.63) is 35.9 Å². The lowest BCUT2D eigenvalue weighted by Crippen LogP contribution is -2.89. The van der Waals surface area contributed by atoms with E-state index in [9.17, 15) is 10.2 Å². The molecule has 0 aromatic heterocycles. The molecule has 1 saturated heterocycles. The summed E-state index contributed by atoms with van der Waals surface area (Å²) in [6.45, 7) is -0.123. The van der Waals surface area contributed by atoms with Gasteiger partial charge in [-0.05, 0) is 0 Å². The van der Waals surface area contributed by atoms with E-state index >= 15 is 0 Å². The summed E-state index contributed by atoms with van der Waals surface area (Å²) in [5.74, 6) is 0. The van der Waals surface area contributed by atoms with Gasteiger partial charge in [0.25, 0.3) is 0 Å². The highest BCUT2D eigenvalue weighted by Crippen LogP contribution is 2.20. The number of rotatable bonds is 2. The molecule has 1 aliphatic rings. The van der Waals surface area contributed by atoms with Crippen molar-refractivity contribution in [2.45, 2.75) is 24.3 Å². The molecule has 4 atom stereocenters. The van der Waals surface area contributed by atoms with Crippen LogP contribution in [0.4, 0.5) is 0 Å². The van der Waals surface area contributed by atoms with E-state index in [1.54, 1.807) is 0 Å². The van der Waals surface area contributed by atoms with Crippen molar-refractivity contribution in [1.82, 2.24) is 0 Å². The average Bonchev–Trinajstić information content (AvgIpc) is 2.57. The van der Waals surface area contributed by atoms with Crippen molar-refractivity contribution in [2.24, 2.45) is 0 Å². The van der Waals surface area contributed by atoms with E-state index < -0.39 is 12.2 Å². The highest BCUT2D eigenvalue weighted by molar-refractivity contribution is 5.19. The van der Waals surface area contributed by atoms with Crippen LogP contribution in [0.5, 0.6) is 0 Å². The topological polar surface area (TPSA) is 77.3 Å². The van der Waals surface area contributed by atoms with Crippen LogP contribution in [-0.2, 0) is 0 Å². The number of nitrogens with two attached hydrogens (primary N) is 1. The van der Waals surface area contributed by atoms with Crippen LogP contribution in [0.15, 0.2) is 30.3 Å². The van der Waals surface area contributed by atoms with E-state index in [0.29, 0.717) is 0 Å². The summed E-state index contributed by atoms with van der Waals surface area (Å²) in [4.78, 5) is 0. The monoisotopic (exact) mass is 210 g/mol. The molecule has 5 N–H and O–H groups in total. The molecule has 15 heavy (non-hydrogen) atoms. The fraction of sp³-hybridized carbons (Fsp3) is 0.455. The third-order valence-electron chi connectivity index (χ3n) is 3.01.